The predicted octanol–water partition coefficient (Wildman–Crippen LogP) is 5.82. The molecule has 2 aromatic carbocycles. The number of benzene rings is 2. The van der Waals surface area contributed by atoms with Crippen molar-refractivity contribution >= 4 is 56.6 Å². The van der Waals surface area contributed by atoms with E-state index in [0.717, 1.165) is 45.0 Å². The molecule has 0 fully saturated rings. The lowest BCUT2D eigenvalue weighted by atomic mass is 9.97. The van der Waals surface area contributed by atoms with E-state index in [-0.39, 0.29) is 18.3 Å². The first-order chi connectivity index (χ1) is 13.8. The molecule has 4 nitrogen and oxygen atoms in total. The van der Waals surface area contributed by atoms with Crippen LogP contribution in [0.2, 0.25) is 5.02 Å². The monoisotopic (exact) mass is 465 g/mol. The summed E-state index contributed by atoms with van der Waals surface area (Å²) in [5.74, 6) is 0.0778. The lowest BCUT2D eigenvalue weighted by Gasteiger charge is -2.22. The number of aryl methyl sites for hydroxylation is 3. The number of anilines is 1. The molecule has 0 N–H and O–H groups in total. The molecule has 30 heavy (non-hydrogen) atoms. The topological polar surface area (TPSA) is 36.4 Å². The standard InChI is InChI=1S/C23H28ClN3OS.ClH/c1-15-12-16(2)18(17(3)13-15)14-21(28)27(11-7-10-26(4)5)23-25-22-19(24)8-6-9-20(22)29-23;/h6,8-9,12-13H,7,10-11,14H2,1-5H3;1H. The molecule has 0 atom stereocenters. The van der Waals surface area contributed by atoms with Crippen LogP contribution in [-0.2, 0) is 11.2 Å². The molecule has 0 unspecified atom stereocenters. The summed E-state index contributed by atoms with van der Waals surface area (Å²) in [6, 6.07) is 10.0. The number of para-hydroxylation sites is 1. The van der Waals surface area contributed by atoms with Gasteiger partial charge in [0, 0.05) is 6.54 Å². The first kappa shape index (κ1) is 24.6. The quantitative estimate of drug-likeness (QED) is 0.440. The Labute approximate surface area is 194 Å². The Kier molecular flexibility index (Phi) is 8.68. The van der Waals surface area contributed by atoms with Crippen LogP contribution in [0.15, 0.2) is 30.3 Å². The van der Waals surface area contributed by atoms with E-state index in [2.05, 4.69) is 37.8 Å². The van der Waals surface area contributed by atoms with Gasteiger partial charge in [-0.1, -0.05) is 46.7 Å². The van der Waals surface area contributed by atoms with Gasteiger partial charge < -0.3 is 4.90 Å². The number of aromatic nitrogens is 1. The van der Waals surface area contributed by atoms with Gasteiger partial charge in [-0.2, -0.15) is 0 Å². The zero-order valence-corrected chi connectivity index (χ0v) is 20.5. The second-order valence-electron chi connectivity index (χ2n) is 7.84. The highest BCUT2D eigenvalue weighted by Crippen LogP contribution is 2.33. The molecule has 1 amide bonds. The molecular formula is C23H29Cl2N3OS. The van der Waals surface area contributed by atoms with Crippen LogP contribution < -0.4 is 4.90 Å². The largest absolute Gasteiger partial charge is 0.309 e. The van der Waals surface area contributed by atoms with Gasteiger partial charge in [-0.15, -0.1) is 12.4 Å². The minimum absolute atomic E-state index is 0. The van der Waals surface area contributed by atoms with Gasteiger partial charge in [0.1, 0.15) is 5.52 Å². The maximum absolute atomic E-state index is 13.4. The second kappa shape index (κ2) is 10.6. The molecule has 0 radical (unpaired) electrons. The van der Waals surface area contributed by atoms with Crippen LogP contribution in [0.5, 0.6) is 0 Å². The summed E-state index contributed by atoms with van der Waals surface area (Å²) in [6.45, 7) is 7.80. The minimum atomic E-state index is 0. The summed E-state index contributed by atoms with van der Waals surface area (Å²) in [6.07, 6.45) is 1.26. The van der Waals surface area contributed by atoms with E-state index in [9.17, 15) is 4.79 Å². The van der Waals surface area contributed by atoms with Crippen molar-refractivity contribution in [3.8, 4) is 0 Å². The average Bonchev–Trinajstić information content (AvgIpc) is 3.06. The van der Waals surface area contributed by atoms with E-state index < -0.39 is 0 Å². The van der Waals surface area contributed by atoms with Crippen LogP contribution >= 0.6 is 35.3 Å². The zero-order chi connectivity index (χ0) is 21.1. The molecule has 162 valence electrons. The van der Waals surface area contributed by atoms with Crippen LogP contribution in [0.25, 0.3) is 10.2 Å². The van der Waals surface area contributed by atoms with Gasteiger partial charge in [-0.3, -0.25) is 9.69 Å². The van der Waals surface area contributed by atoms with E-state index in [1.807, 2.05) is 37.2 Å². The Morgan fingerprint density at radius 3 is 2.37 bits per heavy atom. The van der Waals surface area contributed by atoms with Gasteiger partial charge in [0.2, 0.25) is 5.91 Å². The Balaban J connectivity index is 0.00000320. The number of rotatable bonds is 7. The summed E-state index contributed by atoms with van der Waals surface area (Å²) in [5, 5.41) is 1.34. The molecule has 0 aliphatic rings. The fraction of sp³-hybridized carbons (Fsp3) is 0.391. The number of amides is 1. The Hall–Kier alpha value is -1.66. The zero-order valence-electron chi connectivity index (χ0n) is 18.2. The molecule has 3 aromatic rings. The first-order valence-corrected chi connectivity index (χ1v) is 11.0. The number of thiazole rings is 1. The van der Waals surface area contributed by atoms with Gasteiger partial charge in [-0.05, 0) is 76.7 Å². The van der Waals surface area contributed by atoms with Crippen LogP contribution in [0.3, 0.4) is 0 Å². The van der Waals surface area contributed by atoms with Gasteiger partial charge in [0.15, 0.2) is 5.13 Å². The van der Waals surface area contributed by atoms with E-state index in [4.69, 9.17) is 16.6 Å². The third-order valence-electron chi connectivity index (χ3n) is 5.05. The summed E-state index contributed by atoms with van der Waals surface area (Å²) in [5.41, 5.74) is 5.42. The van der Waals surface area contributed by atoms with Crippen molar-refractivity contribution in [1.82, 2.24) is 9.88 Å². The highest BCUT2D eigenvalue weighted by atomic mass is 35.5. The third-order valence-corrected chi connectivity index (χ3v) is 6.39. The van der Waals surface area contributed by atoms with E-state index >= 15 is 0 Å². The summed E-state index contributed by atoms with van der Waals surface area (Å²) in [7, 11) is 4.09. The molecular weight excluding hydrogens is 437 g/mol. The van der Waals surface area contributed by atoms with Gasteiger partial charge in [-0.25, -0.2) is 4.98 Å². The normalized spacial score (nSPS) is 11.0. The molecule has 0 spiro atoms. The van der Waals surface area contributed by atoms with Crippen molar-refractivity contribution in [2.45, 2.75) is 33.6 Å². The van der Waals surface area contributed by atoms with Crippen molar-refractivity contribution in [3.05, 3.63) is 57.6 Å². The fourth-order valence-electron chi connectivity index (χ4n) is 3.63. The highest BCUT2D eigenvalue weighted by Gasteiger charge is 2.22. The van der Waals surface area contributed by atoms with Gasteiger partial charge >= 0.3 is 0 Å². The van der Waals surface area contributed by atoms with E-state index in [1.165, 1.54) is 16.9 Å². The molecule has 0 aliphatic heterocycles. The third kappa shape index (κ3) is 5.73. The number of carbonyl (C=O) groups is 1. The molecule has 1 heterocycles. The van der Waals surface area contributed by atoms with E-state index in [1.54, 1.807) is 0 Å². The highest BCUT2D eigenvalue weighted by molar-refractivity contribution is 7.22. The lowest BCUT2D eigenvalue weighted by Crippen LogP contribution is -2.34. The van der Waals surface area contributed by atoms with Crippen LogP contribution in [0.1, 0.15) is 28.7 Å². The number of hydrogen-bond donors (Lipinski definition) is 0. The minimum Gasteiger partial charge on any atom is -0.309 e. The predicted molar refractivity (Wildman–Crippen MR) is 132 cm³/mol. The Morgan fingerprint density at radius 1 is 1.10 bits per heavy atom. The van der Waals surface area contributed by atoms with Crippen molar-refractivity contribution in [3.63, 3.8) is 0 Å². The number of carbonyl (C=O) groups excluding carboxylic acids is 1. The van der Waals surface area contributed by atoms with Gasteiger partial charge in [0.25, 0.3) is 0 Å². The molecule has 0 saturated carbocycles. The second-order valence-corrected chi connectivity index (χ2v) is 9.26. The van der Waals surface area contributed by atoms with Crippen molar-refractivity contribution in [2.24, 2.45) is 0 Å². The number of halogens is 2. The van der Waals surface area contributed by atoms with Gasteiger partial charge in [0.05, 0.1) is 16.1 Å². The summed E-state index contributed by atoms with van der Waals surface area (Å²) in [4.78, 5) is 22.1. The van der Waals surface area contributed by atoms with E-state index in [0.29, 0.717) is 18.0 Å². The number of nitrogens with zero attached hydrogens (tertiary/aromatic N) is 3. The molecule has 0 aliphatic carbocycles. The molecule has 3 rings (SSSR count). The Bertz CT molecular complexity index is 1010. The van der Waals surface area contributed by atoms with Crippen molar-refractivity contribution in [2.75, 3.05) is 32.1 Å². The maximum Gasteiger partial charge on any atom is 0.233 e. The molecule has 1 aromatic heterocycles. The fourth-order valence-corrected chi connectivity index (χ4v) is 4.93. The molecule has 0 bridgehead atoms. The van der Waals surface area contributed by atoms with Crippen molar-refractivity contribution in [1.29, 1.82) is 0 Å². The van der Waals surface area contributed by atoms with Crippen LogP contribution in [0.4, 0.5) is 5.13 Å². The van der Waals surface area contributed by atoms with Crippen LogP contribution in [-0.4, -0.2) is 43.0 Å². The number of hydrogen-bond acceptors (Lipinski definition) is 4. The van der Waals surface area contributed by atoms with Crippen molar-refractivity contribution < 1.29 is 4.79 Å². The first-order valence-electron chi connectivity index (χ1n) is 9.83. The maximum atomic E-state index is 13.4. The Morgan fingerprint density at radius 2 is 1.77 bits per heavy atom. The summed E-state index contributed by atoms with van der Waals surface area (Å²) >= 11 is 7.84. The molecule has 7 heteroatoms. The lowest BCUT2D eigenvalue weighted by molar-refractivity contribution is -0.118. The smallest absolute Gasteiger partial charge is 0.233 e. The summed E-state index contributed by atoms with van der Waals surface area (Å²) < 4.78 is 1.00. The number of fused-ring (bicyclic) bond motifs is 1. The molecule has 0 saturated heterocycles. The SMILES string of the molecule is Cc1cc(C)c(CC(=O)N(CCCN(C)C)c2nc3c(Cl)cccc3s2)c(C)c1.Cl. The average molecular weight is 466 g/mol. The van der Waals surface area contributed by atoms with Crippen LogP contribution in [0, 0.1) is 20.8 Å².